The summed E-state index contributed by atoms with van der Waals surface area (Å²) in [7, 11) is 0. The molecule has 0 amide bonds. The lowest BCUT2D eigenvalue weighted by molar-refractivity contribution is 0.117. The van der Waals surface area contributed by atoms with Crippen molar-refractivity contribution >= 4 is 0 Å². The van der Waals surface area contributed by atoms with Crippen LogP contribution in [0.1, 0.15) is 37.3 Å². The van der Waals surface area contributed by atoms with Crippen molar-refractivity contribution in [3.05, 3.63) is 35.4 Å². The van der Waals surface area contributed by atoms with Gasteiger partial charge in [-0.25, -0.2) is 0 Å². The second kappa shape index (κ2) is 7.03. The second-order valence-electron chi connectivity index (χ2n) is 3.57. The van der Waals surface area contributed by atoms with Crippen molar-refractivity contribution in [3.8, 4) is 6.07 Å². The third kappa shape index (κ3) is 4.62. The molecule has 0 saturated heterocycles. The Morgan fingerprint density at radius 2 is 2.20 bits per heavy atom. The SMILES string of the molecule is CCCCCOCc1cccc(C#N)c1. The van der Waals surface area contributed by atoms with Gasteiger partial charge in [-0.2, -0.15) is 5.26 Å². The van der Waals surface area contributed by atoms with Crippen LogP contribution < -0.4 is 0 Å². The van der Waals surface area contributed by atoms with Crippen molar-refractivity contribution in [2.24, 2.45) is 0 Å². The van der Waals surface area contributed by atoms with E-state index in [0.29, 0.717) is 12.2 Å². The topological polar surface area (TPSA) is 33.0 Å². The zero-order chi connectivity index (χ0) is 10.9. The van der Waals surface area contributed by atoms with Gasteiger partial charge in [-0.1, -0.05) is 31.9 Å². The first kappa shape index (κ1) is 11.7. The van der Waals surface area contributed by atoms with E-state index in [2.05, 4.69) is 13.0 Å². The third-order valence-corrected chi connectivity index (χ3v) is 2.22. The Labute approximate surface area is 91.5 Å². The lowest BCUT2D eigenvalue weighted by atomic mass is 10.1. The zero-order valence-corrected chi connectivity index (χ0v) is 9.20. The van der Waals surface area contributed by atoms with Gasteiger partial charge in [-0.05, 0) is 24.1 Å². The van der Waals surface area contributed by atoms with Gasteiger partial charge in [-0.3, -0.25) is 0 Å². The van der Waals surface area contributed by atoms with Gasteiger partial charge in [0.2, 0.25) is 0 Å². The predicted molar refractivity (Wildman–Crippen MR) is 60.3 cm³/mol. The molecular formula is C13H17NO. The number of nitriles is 1. The van der Waals surface area contributed by atoms with E-state index in [1.165, 1.54) is 12.8 Å². The number of rotatable bonds is 6. The average molecular weight is 203 g/mol. The summed E-state index contributed by atoms with van der Waals surface area (Å²) in [6.45, 7) is 3.60. The van der Waals surface area contributed by atoms with Gasteiger partial charge in [0.25, 0.3) is 0 Å². The molecule has 1 aromatic rings. The van der Waals surface area contributed by atoms with Crippen molar-refractivity contribution in [1.29, 1.82) is 5.26 Å². The highest BCUT2D eigenvalue weighted by Crippen LogP contribution is 2.06. The first-order valence-corrected chi connectivity index (χ1v) is 5.43. The van der Waals surface area contributed by atoms with Crippen LogP contribution in [0.15, 0.2) is 24.3 Å². The van der Waals surface area contributed by atoms with Gasteiger partial charge in [0.15, 0.2) is 0 Å². The molecule has 0 N–H and O–H groups in total. The van der Waals surface area contributed by atoms with Crippen molar-refractivity contribution in [2.75, 3.05) is 6.61 Å². The molecule has 80 valence electrons. The molecule has 0 aliphatic rings. The summed E-state index contributed by atoms with van der Waals surface area (Å²) < 4.78 is 5.51. The molecule has 0 saturated carbocycles. The number of benzene rings is 1. The first-order valence-electron chi connectivity index (χ1n) is 5.43. The summed E-state index contributed by atoms with van der Waals surface area (Å²) in [6, 6.07) is 9.68. The maximum absolute atomic E-state index is 8.71. The van der Waals surface area contributed by atoms with E-state index >= 15 is 0 Å². The molecular weight excluding hydrogens is 186 g/mol. The van der Waals surface area contributed by atoms with E-state index in [-0.39, 0.29) is 0 Å². The molecule has 0 spiro atoms. The van der Waals surface area contributed by atoms with Gasteiger partial charge >= 0.3 is 0 Å². The summed E-state index contributed by atoms with van der Waals surface area (Å²) in [5.74, 6) is 0. The Balaban J connectivity index is 2.28. The van der Waals surface area contributed by atoms with Gasteiger partial charge < -0.3 is 4.74 Å². The van der Waals surface area contributed by atoms with Gasteiger partial charge in [0.05, 0.1) is 18.2 Å². The number of hydrogen-bond acceptors (Lipinski definition) is 2. The highest BCUT2D eigenvalue weighted by Gasteiger charge is 1.95. The Morgan fingerprint density at radius 3 is 2.93 bits per heavy atom. The first-order chi connectivity index (χ1) is 7.36. The molecule has 0 atom stereocenters. The Bertz CT molecular complexity index is 328. The number of hydrogen-bond donors (Lipinski definition) is 0. The predicted octanol–water partition coefficient (Wildman–Crippen LogP) is 3.27. The van der Waals surface area contributed by atoms with Crippen LogP contribution >= 0.6 is 0 Å². The summed E-state index contributed by atoms with van der Waals surface area (Å²) in [5.41, 5.74) is 1.77. The monoisotopic (exact) mass is 203 g/mol. The maximum atomic E-state index is 8.71. The highest BCUT2D eigenvalue weighted by molar-refractivity contribution is 5.32. The van der Waals surface area contributed by atoms with Crippen LogP contribution in [0.3, 0.4) is 0 Å². The van der Waals surface area contributed by atoms with Crippen LogP contribution in [-0.4, -0.2) is 6.61 Å². The molecule has 0 radical (unpaired) electrons. The normalized spacial score (nSPS) is 9.87. The maximum Gasteiger partial charge on any atom is 0.0991 e. The van der Waals surface area contributed by atoms with E-state index in [1.54, 1.807) is 6.07 Å². The van der Waals surface area contributed by atoms with Crippen molar-refractivity contribution in [2.45, 2.75) is 32.8 Å². The van der Waals surface area contributed by atoms with Crippen LogP contribution in [-0.2, 0) is 11.3 Å². The molecule has 1 aromatic carbocycles. The van der Waals surface area contributed by atoms with Crippen LogP contribution in [0, 0.1) is 11.3 Å². The molecule has 0 bridgehead atoms. The molecule has 0 aromatic heterocycles. The fourth-order valence-corrected chi connectivity index (χ4v) is 1.37. The Kier molecular flexibility index (Phi) is 5.50. The van der Waals surface area contributed by atoms with E-state index in [0.717, 1.165) is 18.6 Å². The summed E-state index contributed by atoms with van der Waals surface area (Å²) in [6.07, 6.45) is 3.56. The lowest BCUT2D eigenvalue weighted by Gasteiger charge is -2.03. The van der Waals surface area contributed by atoms with Crippen LogP contribution in [0.5, 0.6) is 0 Å². The van der Waals surface area contributed by atoms with Crippen molar-refractivity contribution < 1.29 is 4.74 Å². The average Bonchev–Trinajstić information content (AvgIpc) is 2.29. The van der Waals surface area contributed by atoms with Gasteiger partial charge in [0, 0.05) is 6.61 Å². The molecule has 15 heavy (non-hydrogen) atoms. The Morgan fingerprint density at radius 1 is 1.33 bits per heavy atom. The molecule has 1 rings (SSSR count). The standard InChI is InChI=1S/C13H17NO/c1-2-3-4-8-15-11-13-7-5-6-12(9-13)10-14/h5-7,9H,2-4,8,11H2,1H3. The number of nitrogens with zero attached hydrogens (tertiary/aromatic N) is 1. The van der Waals surface area contributed by atoms with Gasteiger partial charge in [0.1, 0.15) is 0 Å². The lowest BCUT2D eigenvalue weighted by Crippen LogP contribution is -1.95. The molecule has 0 heterocycles. The minimum Gasteiger partial charge on any atom is -0.377 e. The van der Waals surface area contributed by atoms with Crippen molar-refractivity contribution in [1.82, 2.24) is 0 Å². The van der Waals surface area contributed by atoms with E-state index in [9.17, 15) is 0 Å². The van der Waals surface area contributed by atoms with E-state index in [1.807, 2.05) is 18.2 Å². The quantitative estimate of drug-likeness (QED) is 0.665. The number of unbranched alkanes of at least 4 members (excludes halogenated alkanes) is 2. The van der Waals surface area contributed by atoms with E-state index < -0.39 is 0 Å². The molecule has 0 aliphatic carbocycles. The largest absolute Gasteiger partial charge is 0.377 e. The summed E-state index contributed by atoms with van der Waals surface area (Å²) >= 11 is 0. The number of ether oxygens (including phenoxy) is 1. The summed E-state index contributed by atoms with van der Waals surface area (Å²) in [4.78, 5) is 0. The fraction of sp³-hybridized carbons (Fsp3) is 0.462. The zero-order valence-electron chi connectivity index (χ0n) is 9.20. The Hall–Kier alpha value is -1.33. The minimum atomic E-state index is 0.610. The fourth-order valence-electron chi connectivity index (χ4n) is 1.37. The minimum absolute atomic E-state index is 0.610. The molecule has 2 heteroatoms. The third-order valence-electron chi connectivity index (χ3n) is 2.22. The van der Waals surface area contributed by atoms with Crippen LogP contribution in [0.4, 0.5) is 0 Å². The smallest absolute Gasteiger partial charge is 0.0991 e. The van der Waals surface area contributed by atoms with Crippen LogP contribution in [0.2, 0.25) is 0 Å². The highest BCUT2D eigenvalue weighted by atomic mass is 16.5. The molecule has 0 fully saturated rings. The molecule has 0 aliphatic heterocycles. The molecule has 0 unspecified atom stereocenters. The van der Waals surface area contributed by atoms with Crippen LogP contribution in [0.25, 0.3) is 0 Å². The summed E-state index contributed by atoms with van der Waals surface area (Å²) in [5, 5.41) is 8.71. The van der Waals surface area contributed by atoms with Gasteiger partial charge in [-0.15, -0.1) is 0 Å². The molecule has 2 nitrogen and oxygen atoms in total. The second-order valence-corrected chi connectivity index (χ2v) is 3.57. The van der Waals surface area contributed by atoms with E-state index in [4.69, 9.17) is 10.00 Å². The van der Waals surface area contributed by atoms with Crippen molar-refractivity contribution in [3.63, 3.8) is 0 Å².